The number of hydrogen-bond donors (Lipinski definition) is 0. The number of piperazine rings is 1. The van der Waals surface area contributed by atoms with Crippen molar-refractivity contribution in [2.75, 3.05) is 49.6 Å². The summed E-state index contributed by atoms with van der Waals surface area (Å²) in [5.74, 6) is 1.55. The quantitative estimate of drug-likeness (QED) is 0.744. The Hall–Kier alpha value is -0.880. The summed E-state index contributed by atoms with van der Waals surface area (Å²) in [6.07, 6.45) is 4.48. The molecule has 19 heavy (non-hydrogen) atoms. The van der Waals surface area contributed by atoms with Crippen molar-refractivity contribution >= 4 is 21.7 Å². The molecule has 1 aliphatic rings. The number of hydrogen-bond acceptors (Lipinski definition) is 5. The summed E-state index contributed by atoms with van der Waals surface area (Å²) in [6.45, 7) is 8.04. The predicted octanol–water partition coefficient (Wildman–Crippen LogP) is 1.78. The van der Waals surface area contributed by atoms with Crippen LogP contribution in [0.5, 0.6) is 5.88 Å². The Morgan fingerprint density at radius 1 is 1.26 bits per heavy atom. The van der Waals surface area contributed by atoms with Gasteiger partial charge < -0.3 is 9.64 Å². The number of aromatic nitrogens is 2. The highest BCUT2D eigenvalue weighted by Gasteiger charge is 2.18. The highest BCUT2D eigenvalue weighted by Crippen LogP contribution is 2.16. The molecule has 1 aromatic rings. The summed E-state index contributed by atoms with van der Waals surface area (Å²) in [4.78, 5) is 13.5. The van der Waals surface area contributed by atoms with Crippen molar-refractivity contribution < 1.29 is 4.74 Å². The fourth-order valence-electron chi connectivity index (χ4n) is 2.09. The average Bonchev–Trinajstić information content (AvgIpc) is 2.46. The molecule has 5 nitrogen and oxygen atoms in total. The Labute approximate surface area is 123 Å². The zero-order valence-corrected chi connectivity index (χ0v) is 13.0. The van der Waals surface area contributed by atoms with E-state index in [0.29, 0.717) is 12.5 Å². The number of anilines is 1. The molecular weight excluding hydrogens is 308 g/mol. The molecule has 0 bridgehead atoms. The SMILES string of the molecule is CCCOc1cncc(N2CCN(CCBr)CC2)n1. The van der Waals surface area contributed by atoms with E-state index >= 15 is 0 Å². The maximum absolute atomic E-state index is 5.53. The maximum atomic E-state index is 5.53. The van der Waals surface area contributed by atoms with Crippen molar-refractivity contribution in [3.63, 3.8) is 0 Å². The molecule has 2 heterocycles. The molecule has 0 amide bonds. The van der Waals surface area contributed by atoms with Crippen LogP contribution in [-0.4, -0.2) is 59.5 Å². The van der Waals surface area contributed by atoms with Gasteiger partial charge in [0.15, 0.2) is 5.82 Å². The van der Waals surface area contributed by atoms with Gasteiger partial charge in [-0.05, 0) is 6.42 Å². The van der Waals surface area contributed by atoms with Crippen LogP contribution < -0.4 is 9.64 Å². The molecule has 0 unspecified atom stereocenters. The molecule has 1 fully saturated rings. The second-order valence-electron chi connectivity index (χ2n) is 4.58. The van der Waals surface area contributed by atoms with Gasteiger partial charge in [0, 0.05) is 38.1 Å². The number of ether oxygens (including phenoxy) is 1. The van der Waals surface area contributed by atoms with Crippen LogP contribution in [0.2, 0.25) is 0 Å². The Balaban J connectivity index is 1.91. The third kappa shape index (κ3) is 4.31. The molecule has 0 atom stereocenters. The van der Waals surface area contributed by atoms with Gasteiger partial charge in [-0.15, -0.1) is 0 Å². The van der Waals surface area contributed by atoms with E-state index in [2.05, 4.69) is 42.6 Å². The normalized spacial score (nSPS) is 16.6. The van der Waals surface area contributed by atoms with Crippen molar-refractivity contribution in [2.45, 2.75) is 13.3 Å². The minimum absolute atomic E-state index is 0.627. The predicted molar refractivity (Wildman–Crippen MR) is 80.3 cm³/mol. The summed E-state index contributed by atoms with van der Waals surface area (Å²) >= 11 is 3.48. The van der Waals surface area contributed by atoms with Gasteiger partial charge in [-0.2, -0.15) is 4.98 Å². The molecule has 106 valence electrons. The van der Waals surface area contributed by atoms with Crippen LogP contribution >= 0.6 is 15.9 Å². The van der Waals surface area contributed by atoms with Crippen LogP contribution in [0.4, 0.5) is 5.82 Å². The number of halogens is 1. The second kappa shape index (κ2) is 7.65. The van der Waals surface area contributed by atoms with Crippen LogP contribution in [0.1, 0.15) is 13.3 Å². The summed E-state index contributed by atoms with van der Waals surface area (Å²) in [5.41, 5.74) is 0. The number of rotatable bonds is 6. The smallest absolute Gasteiger partial charge is 0.234 e. The minimum atomic E-state index is 0.627. The summed E-state index contributed by atoms with van der Waals surface area (Å²) in [5, 5.41) is 1.03. The van der Waals surface area contributed by atoms with Crippen molar-refractivity contribution in [2.24, 2.45) is 0 Å². The first-order chi connectivity index (χ1) is 9.33. The molecule has 6 heteroatoms. The van der Waals surface area contributed by atoms with Gasteiger partial charge in [0.05, 0.1) is 19.0 Å². The van der Waals surface area contributed by atoms with Gasteiger partial charge in [-0.3, -0.25) is 9.88 Å². The highest BCUT2D eigenvalue weighted by molar-refractivity contribution is 9.09. The Kier molecular flexibility index (Phi) is 5.85. The summed E-state index contributed by atoms with van der Waals surface area (Å²) in [6, 6.07) is 0. The number of alkyl halides is 1. The van der Waals surface area contributed by atoms with Gasteiger partial charge in [-0.1, -0.05) is 22.9 Å². The van der Waals surface area contributed by atoms with E-state index in [1.54, 1.807) is 6.20 Å². The lowest BCUT2D eigenvalue weighted by atomic mass is 10.3. The van der Waals surface area contributed by atoms with Gasteiger partial charge in [0.2, 0.25) is 5.88 Å². The summed E-state index contributed by atoms with van der Waals surface area (Å²) < 4.78 is 5.53. The Morgan fingerprint density at radius 2 is 2.05 bits per heavy atom. The number of nitrogens with zero attached hydrogens (tertiary/aromatic N) is 4. The third-order valence-corrected chi connectivity index (χ3v) is 3.51. The monoisotopic (exact) mass is 328 g/mol. The molecule has 1 aliphatic heterocycles. The molecule has 0 saturated carbocycles. The fraction of sp³-hybridized carbons (Fsp3) is 0.692. The third-order valence-electron chi connectivity index (χ3n) is 3.15. The first kappa shape index (κ1) is 14.5. The molecule has 0 aromatic carbocycles. The molecule has 0 aliphatic carbocycles. The first-order valence-electron chi connectivity index (χ1n) is 6.81. The lowest BCUT2D eigenvalue weighted by Gasteiger charge is -2.34. The molecule has 0 radical (unpaired) electrons. The molecule has 1 saturated heterocycles. The standard InChI is InChI=1S/C13H21BrN4O/c1-2-9-19-13-11-15-10-12(16-13)18-7-5-17(4-3-14)6-8-18/h10-11H,2-9H2,1H3. The van der Waals surface area contributed by atoms with E-state index in [0.717, 1.165) is 50.3 Å². The molecule has 2 rings (SSSR count). The largest absolute Gasteiger partial charge is 0.477 e. The van der Waals surface area contributed by atoms with E-state index in [4.69, 9.17) is 4.74 Å². The van der Waals surface area contributed by atoms with Crippen LogP contribution in [0.25, 0.3) is 0 Å². The lowest BCUT2D eigenvalue weighted by Crippen LogP contribution is -2.47. The van der Waals surface area contributed by atoms with E-state index in [-0.39, 0.29) is 0 Å². The van der Waals surface area contributed by atoms with E-state index in [9.17, 15) is 0 Å². The molecule has 0 spiro atoms. The van der Waals surface area contributed by atoms with Crippen molar-refractivity contribution in [1.29, 1.82) is 0 Å². The minimum Gasteiger partial charge on any atom is -0.477 e. The zero-order chi connectivity index (χ0) is 13.5. The van der Waals surface area contributed by atoms with E-state index < -0.39 is 0 Å². The fourth-order valence-corrected chi connectivity index (χ4v) is 2.59. The topological polar surface area (TPSA) is 41.5 Å². The van der Waals surface area contributed by atoms with Gasteiger partial charge in [-0.25, -0.2) is 0 Å². The Bertz CT molecular complexity index is 383. The maximum Gasteiger partial charge on any atom is 0.234 e. The average molecular weight is 329 g/mol. The van der Waals surface area contributed by atoms with E-state index in [1.807, 2.05) is 6.20 Å². The second-order valence-corrected chi connectivity index (χ2v) is 5.37. The Morgan fingerprint density at radius 3 is 2.74 bits per heavy atom. The van der Waals surface area contributed by atoms with Crippen LogP contribution in [0.3, 0.4) is 0 Å². The van der Waals surface area contributed by atoms with Crippen molar-refractivity contribution in [3.05, 3.63) is 12.4 Å². The summed E-state index contributed by atoms with van der Waals surface area (Å²) in [7, 11) is 0. The zero-order valence-electron chi connectivity index (χ0n) is 11.4. The van der Waals surface area contributed by atoms with Crippen LogP contribution in [-0.2, 0) is 0 Å². The first-order valence-corrected chi connectivity index (χ1v) is 7.93. The van der Waals surface area contributed by atoms with E-state index in [1.165, 1.54) is 0 Å². The van der Waals surface area contributed by atoms with Gasteiger partial charge >= 0.3 is 0 Å². The van der Waals surface area contributed by atoms with Gasteiger partial charge in [0.1, 0.15) is 0 Å². The van der Waals surface area contributed by atoms with Gasteiger partial charge in [0.25, 0.3) is 0 Å². The molecular formula is C13H21BrN4O. The lowest BCUT2D eigenvalue weighted by molar-refractivity contribution is 0.272. The molecule has 1 aromatic heterocycles. The molecule has 0 N–H and O–H groups in total. The van der Waals surface area contributed by atoms with Crippen LogP contribution in [0, 0.1) is 0 Å². The van der Waals surface area contributed by atoms with Crippen molar-refractivity contribution in [3.8, 4) is 5.88 Å². The highest BCUT2D eigenvalue weighted by atomic mass is 79.9. The van der Waals surface area contributed by atoms with Crippen LogP contribution in [0.15, 0.2) is 12.4 Å². The van der Waals surface area contributed by atoms with Crippen molar-refractivity contribution in [1.82, 2.24) is 14.9 Å².